The standard InChI is InChI=1S/C66H79F2N15O9S2/c1-5-28-94(90,91)76-49-10-6-9-46(59(49)68)61-62(50-14-21-70-65(69)73-50)93-63(74-61)41-19-26-81(27-20-41)64(89)42-17-22-79(23-18-42)35-40-15-24-80(25-16-40)54(85)12-13-55(86)82-38-66(39-82)31-44(32-66)60-58-45(47-30-52-43(29-48(47)67)33-72-78(52)3)8-7-11-51(58)83(75-60)37-56(87)77(2)36-53(84)71-34-57(88)92-4/h6-11,14,21,29-30,33,40-42,44,76H,5,12-13,15-20,22-28,31-32,34-39H2,1-4H3,(H,71,84)(H2,69,70,73). The first-order valence-corrected chi connectivity index (χ1v) is 34.8. The van der Waals surface area contributed by atoms with E-state index in [4.69, 9.17) is 15.8 Å². The van der Waals surface area contributed by atoms with Crippen molar-refractivity contribution in [3.8, 4) is 33.0 Å². The van der Waals surface area contributed by atoms with Gasteiger partial charge in [-0.15, -0.1) is 11.3 Å². The molecule has 0 unspecified atom stereocenters. The topological polar surface area (TPSA) is 286 Å². The van der Waals surface area contributed by atoms with Gasteiger partial charge in [0.25, 0.3) is 0 Å². The average molecular weight is 1330 g/mol. The molecular formula is C66H79F2N15O9S2. The molecule has 1 aliphatic carbocycles. The van der Waals surface area contributed by atoms with Crippen LogP contribution in [0.1, 0.15) is 100 Å². The summed E-state index contributed by atoms with van der Waals surface area (Å²) >= 11 is 1.39. The van der Waals surface area contributed by atoms with Gasteiger partial charge in [-0.3, -0.25) is 42.9 Å². The van der Waals surface area contributed by atoms with E-state index in [0.29, 0.717) is 103 Å². The Bertz CT molecular complexity index is 4160. The first-order valence-electron chi connectivity index (χ1n) is 32.3. The van der Waals surface area contributed by atoms with E-state index in [1.807, 2.05) is 26.8 Å². The van der Waals surface area contributed by atoms with Crippen LogP contribution in [0.2, 0.25) is 0 Å². The molecule has 1 saturated carbocycles. The van der Waals surface area contributed by atoms with Crippen molar-refractivity contribution in [3.05, 3.63) is 89.3 Å². The van der Waals surface area contributed by atoms with E-state index in [-0.39, 0.29) is 96.3 Å². The molecule has 12 rings (SSSR count). The molecule has 498 valence electrons. The van der Waals surface area contributed by atoms with E-state index in [1.165, 1.54) is 48.7 Å². The maximum absolute atomic E-state index is 16.2. The predicted molar refractivity (Wildman–Crippen MR) is 350 cm³/mol. The number of aryl methyl sites for hydroxylation is 1. The van der Waals surface area contributed by atoms with E-state index in [9.17, 15) is 37.2 Å². The summed E-state index contributed by atoms with van der Waals surface area (Å²) in [5, 5.41) is 14.0. The van der Waals surface area contributed by atoms with Gasteiger partial charge >= 0.3 is 5.97 Å². The first kappa shape index (κ1) is 65.6. The van der Waals surface area contributed by atoms with Gasteiger partial charge in [-0.25, -0.2) is 32.2 Å². The number of nitrogens with zero attached hydrogens (tertiary/aromatic N) is 12. The molecule has 28 heteroatoms. The van der Waals surface area contributed by atoms with Crippen molar-refractivity contribution in [2.24, 2.45) is 24.3 Å². The monoisotopic (exact) mass is 1330 g/mol. The van der Waals surface area contributed by atoms with E-state index in [0.717, 1.165) is 79.8 Å². The third kappa shape index (κ3) is 14.0. The molecule has 8 heterocycles. The van der Waals surface area contributed by atoms with E-state index in [2.05, 4.69) is 34.7 Å². The van der Waals surface area contributed by atoms with Gasteiger partial charge in [0, 0.05) is 124 Å². The number of aromatic nitrogens is 7. The van der Waals surface area contributed by atoms with Crippen LogP contribution in [0.4, 0.5) is 20.4 Å². The molecule has 5 fully saturated rings. The third-order valence-corrected chi connectivity index (χ3v) is 22.2. The highest BCUT2D eigenvalue weighted by molar-refractivity contribution is 7.92. The van der Waals surface area contributed by atoms with Gasteiger partial charge in [0.05, 0.1) is 69.3 Å². The molecule has 5 aliphatic rings. The van der Waals surface area contributed by atoms with Crippen LogP contribution in [0.25, 0.3) is 54.8 Å². The van der Waals surface area contributed by atoms with Crippen molar-refractivity contribution in [2.45, 2.75) is 95.9 Å². The number of fused-ring (bicyclic) bond motifs is 2. The van der Waals surface area contributed by atoms with Crippen LogP contribution in [-0.4, -0.2) is 195 Å². The lowest BCUT2D eigenvalue weighted by Crippen LogP contribution is -2.63. The fourth-order valence-electron chi connectivity index (χ4n) is 14.4. The number of likely N-dealkylation sites (N-methyl/N-ethyl adjacent to an activating group) is 1. The molecule has 0 bridgehead atoms. The summed E-state index contributed by atoms with van der Waals surface area (Å²) in [5.74, 6) is -2.40. The second-order valence-electron chi connectivity index (χ2n) is 26.0. The first-order chi connectivity index (χ1) is 45.1. The van der Waals surface area contributed by atoms with E-state index >= 15 is 8.78 Å². The zero-order chi connectivity index (χ0) is 66.2. The highest BCUT2D eigenvalue weighted by Crippen LogP contribution is 2.57. The molecule has 94 heavy (non-hydrogen) atoms. The summed E-state index contributed by atoms with van der Waals surface area (Å²) in [4.78, 5) is 102. The molecule has 4 aliphatic heterocycles. The number of hydrogen-bond donors (Lipinski definition) is 3. The molecule has 4 N–H and O–H groups in total. The molecule has 4 aromatic heterocycles. The minimum atomic E-state index is -3.76. The lowest BCUT2D eigenvalue weighted by molar-refractivity contribution is -0.153. The van der Waals surface area contributed by atoms with Crippen LogP contribution >= 0.6 is 11.3 Å². The van der Waals surface area contributed by atoms with Crippen LogP contribution in [0.15, 0.2) is 67.0 Å². The van der Waals surface area contributed by atoms with Gasteiger partial charge in [0.15, 0.2) is 5.82 Å². The molecule has 0 radical (unpaired) electrons. The Morgan fingerprint density at radius 3 is 2.24 bits per heavy atom. The van der Waals surface area contributed by atoms with Crippen molar-refractivity contribution in [2.75, 3.05) is 102 Å². The number of carbonyl (C=O) groups excluding carboxylic acids is 6. The number of piperidine rings is 3. The number of anilines is 2. The summed E-state index contributed by atoms with van der Waals surface area (Å²) < 4.78 is 67.8. The number of nitrogen functional groups attached to an aromatic ring is 1. The van der Waals surface area contributed by atoms with Crippen LogP contribution in [0, 0.1) is 28.9 Å². The third-order valence-electron chi connectivity index (χ3n) is 19.5. The van der Waals surface area contributed by atoms with Crippen LogP contribution in [-0.2, 0) is 57.1 Å². The average Bonchev–Trinajstić information content (AvgIpc) is 1.29. The predicted octanol–water partition coefficient (Wildman–Crippen LogP) is 6.77. The number of rotatable bonds is 21. The number of ether oxygens (including phenoxy) is 1. The van der Waals surface area contributed by atoms with Gasteiger partial charge in [0.1, 0.15) is 18.9 Å². The second kappa shape index (κ2) is 27.5. The number of benzene rings is 3. The van der Waals surface area contributed by atoms with Crippen LogP contribution < -0.4 is 15.8 Å². The molecule has 1 spiro atoms. The van der Waals surface area contributed by atoms with Crippen LogP contribution in [0.5, 0.6) is 0 Å². The lowest BCUT2D eigenvalue weighted by Gasteiger charge is -2.59. The molecule has 4 saturated heterocycles. The number of nitrogens with two attached hydrogens (primary N) is 1. The molecule has 0 atom stereocenters. The number of esters is 1. The number of hydrogen-bond acceptors (Lipinski definition) is 17. The highest BCUT2D eigenvalue weighted by Gasteiger charge is 2.55. The quantitative estimate of drug-likeness (QED) is 0.0626. The molecule has 3 aromatic carbocycles. The molecule has 24 nitrogen and oxygen atoms in total. The Morgan fingerprint density at radius 1 is 0.830 bits per heavy atom. The van der Waals surface area contributed by atoms with Crippen LogP contribution in [0.3, 0.4) is 0 Å². The number of halogens is 2. The summed E-state index contributed by atoms with van der Waals surface area (Å²) in [5.41, 5.74) is 9.71. The number of methoxy groups -OCH3 is 1. The van der Waals surface area contributed by atoms with E-state index in [1.54, 1.807) is 59.9 Å². The second-order valence-corrected chi connectivity index (χ2v) is 28.8. The minimum absolute atomic E-state index is 0.00513. The van der Waals surface area contributed by atoms with Crippen molar-refractivity contribution < 1.29 is 50.7 Å². The summed E-state index contributed by atoms with van der Waals surface area (Å²) in [6.45, 7) is 6.99. The fourth-order valence-corrected chi connectivity index (χ4v) is 16.7. The lowest BCUT2D eigenvalue weighted by atomic mass is 9.56. The van der Waals surface area contributed by atoms with Gasteiger partial charge in [-0.05, 0) is 119 Å². The normalized spacial score (nSPS) is 17.5. The number of nitrogens with one attached hydrogen (secondary N) is 2. The minimum Gasteiger partial charge on any atom is -0.468 e. The molecule has 5 amide bonds. The van der Waals surface area contributed by atoms with Gasteiger partial charge < -0.3 is 40.3 Å². The van der Waals surface area contributed by atoms with Gasteiger partial charge in [-0.2, -0.15) is 10.2 Å². The smallest absolute Gasteiger partial charge is 0.325 e. The Morgan fingerprint density at radius 2 is 1.53 bits per heavy atom. The Labute approximate surface area is 547 Å². The fraction of sp³-hybridized carbons (Fsp3) is 0.500. The Hall–Kier alpha value is -8.50. The number of amides is 5. The van der Waals surface area contributed by atoms with Crippen molar-refractivity contribution in [1.29, 1.82) is 0 Å². The maximum atomic E-state index is 16.2. The Balaban J connectivity index is 0.589. The highest BCUT2D eigenvalue weighted by atomic mass is 32.2. The largest absolute Gasteiger partial charge is 0.468 e. The zero-order valence-corrected chi connectivity index (χ0v) is 55.0. The summed E-state index contributed by atoms with van der Waals surface area (Å²) in [6.07, 6.45) is 9.89. The molecular weight excluding hydrogens is 1250 g/mol. The summed E-state index contributed by atoms with van der Waals surface area (Å²) in [7, 11) is 0.736. The maximum Gasteiger partial charge on any atom is 0.325 e. The van der Waals surface area contributed by atoms with Gasteiger partial charge in [-0.1, -0.05) is 25.1 Å². The van der Waals surface area contributed by atoms with Crippen molar-refractivity contribution >= 4 is 90.3 Å². The number of thiazole rings is 1. The number of carbonyl (C=O) groups is 6. The Kier molecular flexibility index (Phi) is 19.1. The number of sulfonamides is 1. The summed E-state index contributed by atoms with van der Waals surface area (Å²) in [6, 6.07) is 15.0. The van der Waals surface area contributed by atoms with Crippen molar-refractivity contribution in [3.63, 3.8) is 0 Å². The number of likely N-dealkylation sites (tertiary alicyclic amines) is 4. The molecule has 7 aromatic rings. The SMILES string of the molecule is CCCS(=O)(=O)Nc1cccc(-c2nc(C3CCN(C(=O)C4CCN(CC5CCN(C(=O)CCC(=O)N6CC7(CC(c8nn(CC(=O)N(C)CC(=O)NCC(=O)OC)c9cccc(-c%10cc%11c(cnn%11C)cc%10F)c89)C7)C6)CC5)CC4)CC3)sc2-c2ccnc(N)n2)c1F. The van der Waals surface area contributed by atoms with Gasteiger partial charge in [0.2, 0.25) is 45.5 Å². The zero-order valence-electron chi connectivity index (χ0n) is 53.3. The van der Waals surface area contributed by atoms with E-state index < -0.39 is 39.4 Å². The van der Waals surface area contributed by atoms with Crippen molar-refractivity contribution in [1.82, 2.24) is 64.3 Å².